The summed E-state index contributed by atoms with van der Waals surface area (Å²) in [4.78, 5) is 9.92. The van der Waals surface area contributed by atoms with E-state index >= 15 is 0 Å². The zero-order valence-corrected chi connectivity index (χ0v) is 14.9. The molecule has 2 N–H and O–H groups in total. The SMILES string of the molecule is O=[N+]([O-])c1ccccc1S(=O)(=O)Nc1cc(Br)c(O)c2ccccc12. The van der Waals surface area contributed by atoms with Crippen LogP contribution in [0, 0.1) is 10.1 Å². The lowest BCUT2D eigenvalue weighted by atomic mass is 10.1. The number of aromatic hydroxyl groups is 1. The van der Waals surface area contributed by atoms with Gasteiger partial charge in [-0.3, -0.25) is 14.8 Å². The highest BCUT2D eigenvalue weighted by molar-refractivity contribution is 9.10. The van der Waals surface area contributed by atoms with Gasteiger partial charge >= 0.3 is 0 Å². The second kappa shape index (κ2) is 6.34. The number of phenols is 1. The molecule has 0 aliphatic rings. The van der Waals surface area contributed by atoms with E-state index in [0.717, 1.165) is 12.1 Å². The van der Waals surface area contributed by atoms with Gasteiger partial charge in [-0.15, -0.1) is 0 Å². The summed E-state index contributed by atoms with van der Waals surface area (Å²) < 4.78 is 28.0. The standard InChI is InChI=1S/C16H11BrN2O5S/c17-12-9-13(10-5-1-2-6-11(10)16(12)20)18-25(23,24)15-8-4-3-7-14(15)19(21)22/h1-9,18,20H. The zero-order chi connectivity index (χ0) is 18.2. The zero-order valence-electron chi connectivity index (χ0n) is 12.5. The van der Waals surface area contributed by atoms with Crippen molar-refractivity contribution in [2.75, 3.05) is 4.72 Å². The quantitative estimate of drug-likeness (QED) is 0.374. The van der Waals surface area contributed by atoms with Crippen LogP contribution in [0.4, 0.5) is 11.4 Å². The first kappa shape index (κ1) is 17.2. The number of para-hydroxylation sites is 1. The summed E-state index contributed by atoms with van der Waals surface area (Å²) >= 11 is 3.18. The van der Waals surface area contributed by atoms with E-state index in [1.807, 2.05) is 0 Å². The van der Waals surface area contributed by atoms with Crippen molar-refractivity contribution < 1.29 is 18.4 Å². The van der Waals surface area contributed by atoms with Gasteiger partial charge in [0.25, 0.3) is 15.7 Å². The van der Waals surface area contributed by atoms with Crippen LogP contribution in [0.5, 0.6) is 5.75 Å². The van der Waals surface area contributed by atoms with Crippen molar-refractivity contribution in [1.29, 1.82) is 0 Å². The second-order valence-corrected chi connectivity index (χ2v) is 7.64. The van der Waals surface area contributed by atoms with Crippen LogP contribution >= 0.6 is 15.9 Å². The molecular formula is C16H11BrN2O5S. The number of nitro groups is 1. The number of nitrogens with zero attached hydrogens (tertiary/aromatic N) is 1. The molecule has 0 amide bonds. The van der Waals surface area contributed by atoms with Crippen molar-refractivity contribution in [3.63, 3.8) is 0 Å². The first-order valence-corrected chi connectivity index (χ1v) is 9.25. The van der Waals surface area contributed by atoms with Gasteiger partial charge in [0.15, 0.2) is 4.90 Å². The summed E-state index contributed by atoms with van der Waals surface area (Å²) in [5.41, 5.74) is -0.324. The number of nitro benzene ring substituents is 1. The fourth-order valence-electron chi connectivity index (χ4n) is 2.45. The highest BCUT2D eigenvalue weighted by atomic mass is 79.9. The van der Waals surface area contributed by atoms with Crippen molar-refractivity contribution in [3.05, 3.63) is 69.2 Å². The Morgan fingerprint density at radius 2 is 1.64 bits per heavy atom. The molecular weight excluding hydrogens is 412 g/mol. The van der Waals surface area contributed by atoms with E-state index in [2.05, 4.69) is 20.7 Å². The molecule has 0 radical (unpaired) electrons. The second-order valence-electron chi connectivity index (χ2n) is 5.13. The summed E-state index contributed by atoms with van der Waals surface area (Å²) in [6.07, 6.45) is 0. The first-order chi connectivity index (χ1) is 11.8. The lowest BCUT2D eigenvalue weighted by Crippen LogP contribution is -2.15. The average molecular weight is 423 g/mol. The number of hydrogen-bond acceptors (Lipinski definition) is 5. The van der Waals surface area contributed by atoms with Crippen LogP contribution in [-0.2, 0) is 10.0 Å². The Morgan fingerprint density at radius 1 is 1.04 bits per heavy atom. The Balaban J connectivity index is 2.16. The van der Waals surface area contributed by atoms with Crippen LogP contribution in [0.25, 0.3) is 10.8 Å². The van der Waals surface area contributed by atoms with Gasteiger partial charge in [0.2, 0.25) is 0 Å². The summed E-state index contributed by atoms with van der Waals surface area (Å²) in [5.74, 6) is -0.0239. The lowest BCUT2D eigenvalue weighted by Gasteiger charge is -2.13. The maximum Gasteiger partial charge on any atom is 0.289 e. The fourth-order valence-corrected chi connectivity index (χ4v) is 4.13. The Hall–Kier alpha value is -2.65. The maximum atomic E-state index is 12.7. The van der Waals surface area contributed by atoms with Crippen molar-refractivity contribution in [3.8, 4) is 5.75 Å². The third kappa shape index (κ3) is 3.15. The molecule has 0 aliphatic heterocycles. The average Bonchev–Trinajstić information content (AvgIpc) is 2.59. The maximum absolute atomic E-state index is 12.7. The highest BCUT2D eigenvalue weighted by Gasteiger charge is 2.26. The smallest absolute Gasteiger partial charge is 0.289 e. The van der Waals surface area contributed by atoms with E-state index < -0.39 is 25.5 Å². The number of fused-ring (bicyclic) bond motifs is 1. The topological polar surface area (TPSA) is 110 Å². The van der Waals surface area contributed by atoms with Gasteiger partial charge in [-0.2, -0.15) is 0 Å². The molecule has 7 nitrogen and oxygen atoms in total. The van der Waals surface area contributed by atoms with Gasteiger partial charge in [-0.1, -0.05) is 36.4 Å². The predicted octanol–water partition coefficient (Wildman–Crippen LogP) is 4.02. The van der Waals surface area contributed by atoms with Crippen LogP contribution in [0.3, 0.4) is 0 Å². The van der Waals surface area contributed by atoms with E-state index in [-0.39, 0.29) is 11.4 Å². The van der Waals surface area contributed by atoms with E-state index in [4.69, 9.17) is 0 Å². The fraction of sp³-hybridized carbons (Fsp3) is 0. The predicted molar refractivity (Wildman–Crippen MR) is 97.2 cm³/mol. The van der Waals surface area contributed by atoms with Gasteiger partial charge in [0.1, 0.15) is 5.75 Å². The molecule has 0 saturated heterocycles. The van der Waals surface area contributed by atoms with E-state index in [1.165, 1.54) is 18.2 Å². The summed E-state index contributed by atoms with van der Waals surface area (Å²) in [5, 5.41) is 22.1. The Bertz CT molecular complexity index is 1100. The van der Waals surface area contributed by atoms with Crippen LogP contribution in [-0.4, -0.2) is 18.4 Å². The number of rotatable bonds is 4. The number of halogens is 1. The van der Waals surface area contributed by atoms with Crippen molar-refractivity contribution >= 4 is 48.1 Å². The van der Waals surface area contributed by atoms with Gasteiger partial charge in [-0.05, 0) is 28.1 Å². The molecule has 0 aliphatic carbocycles. The highest BCUT2D eigenvalue weighted by Crippen LogP contribution is 2.38. The summed E-state index contributed by atoms with van der Waals surface area (Å²) in [7, 11) is -4.20. The minimum atomic E-state index is -4.20. The number of nitrogens with one attached hydrogen (secondary N) is 1. The van der Waals surface area contributed by atoms with Crippen LogP contribution in [0.15, 0.2) is 64.0 Å². The third-order valence-corrected chi connectivity index (χ3v) is 5.58. The molecule has 3 rings (SSSR count). The molecule has 9 heteroatoms. The molecule has 0 saturated carbocycles. The Labute approximate surface area is 151 Å². The Morgan fingerprint density at radius 3 is 2.32 bits per heavy atom. The number of hydrogen-bond donors (Lipinski definition) is 2. The van der Waals surface area contributed by atoms with Gasteiger partial charge in [0.05, 0.1) is 15.1 Å². The first-order valence-electron chi connectivity index (χ1n) is 6.97. The molecule has 3 aromatic rings. The molecule has 0 spiro atoms. The van der Waals surface area contributed by atoms with Gasteiger partial charge in [-0.25, -0.2) is 8.42 Å². The minimum absolute atomic E-state index is 0.0239. The molecule has 128 valence electrons. The normalized spacial score (nSPS) is 11.4. The van der Waals surface area contributed by atoms with E-state index in [1.54, 1.807) is 24.3 Å². The van der Waals surface area contributed by atoms with Crippen molar-refractivity contribution in [1.82, 2.24) is 0 Å². The van der Waals surface area contributed by atoms with Crippen molar-refractivity contribution in [2.24, 2.45) is 0 Å². The Kier molecular flexibility index (Phi) is 4.36. The van der Waals surface area contributed by atoms with E-state index in [0.29, 0.717) is 15.2 Å². The molecule has 0 heterocycles. The number of anilines is 1. The molecule has 0 atom stereocenters. The van der Waals surface area contributed by atoms with Gasteiger partial charge in [0, 0.05) is 16.8 Å². The molecule has 25 heavy (non-hydrogen) atoms. The van der Waals surface area contributed by atoms with Gasteiger partial charge < -0.3 is 5.11 Å². The van der Waals surface area contributed by atoms with Crippen LogP contribution in [0.1, 0.15) is 0 Å². The number of sulfonamides is 1. The molecule has 0 bridgehead atoms. The lowest BCUT2D eigenvalue weighted by molar-refractivity contribution is -0.387. The van der Waals surface area contributed by atoms with Crippen molar-refractivity contribution in [2.45, 2.75) is 4.90 Å². The van der Waals surface area contributed by atoms with Crippen LogP contribution in [0.2, 0.25) is 0 Å². The summed E-state index contributed by atoms with van der Waals surface area (Å²) in [6, 6.07) is 13.2. The molecule has 0 fully saturated rings. The number of benzene rings is 3. The largest absolute Gasteiger partial charge is 0.506 e. The molecule has 3 aromatic carbocycles. The minimum Gasteiger partial charge on any atom is -0.506 e. The van der Waals surface area contributed by atoms with Crippen LogP contribution < -0.4 is 4.72 Å². The molecule has 0 unspecified atom stereocenters. The third-order valence-electron chi connectivity index (χ3n) is 3.57. The monoisotopic (exact) mass is 422 g/mol. The van der Waals surface area contributed by atoms with E-state index in [9.17, 15) is 23.6 Å². The molecule has 0 aromatic heterocycles. The number of phenolic OH excluding ortho intramolecular Hbond substituents is 1. The summed E-state index contributed by atoms with van der Waals surface area (Å²) in [6.45, 7) is 0.